The third-order valence-electron chi connectivity index (χ3n) is 2.90. The monoisotopic (exact) mass is 293 g/mol. The van der Waals surface area contributed by atoms with Gasteiger partial charge in [0, 0.05) is 5.39 Å². The number of hydrogen-bond donors (Lipinski definition) is 1. The number of benzene rings is 2. The van der Waals surface area contributed by atoms with Gasteiger partial charge in [-0.15, -0.1) is 0 Å². The molecular formula is C14H7F4N3. The van der Waals surface area contributed by atoms with E-state index >= 15 is 0 Å². The van der Waals surface area contributed by atoms with Crippen molar-refractivity contribution in [2.24, 2.45) is 0 Å². The number of halogens is 4. The molecule has 0 saturated carbocycles. The normalized spacial score (nSPS) is 10.9. The zero-order valence-corrected chi connectivity index (χ0v) is 10.4. The number of nitrogens with zero attached hydrogens (tertiary/aromatic N) is 2. The van der Waals surface area contributed by atoms with Crippen LogP contribution in [0.5, 0.6) is 0 Å². The number of fused-ring (bicyclic) bond motifs is 1. The molecule has 2 aromatic carbocycles. The van der Waals surface area contributed by atoms with Crippen LogP contribution in [-0.2, 0) is 0 Å². The van der Waals surface area contributed by atoms with E-state index in [-0.39, 0.29) is 17.0 Å². The van der Waals surface area contributed by atoms with Gasteiger partial charge in [-0.25, -0.2) is 27.5 Å². The van der Waals surface area contributed by atoms with E-state index in [1.54, 1.807) is 0 Å². The zero-order valence-electron chi connectivity index (χ0n) is 10.4. The largest absolute Gasteiger partial charge is 0.337 e. The number of hydrogen-bond acceptors (Lipinski definition) is 3. The molecule has 0 aliphatic rings. The van der Waals surface area contributed by atoms with Crippen LogP contribution in [-0.4, -0.2) is 9.97 Å². The molecule has 3 nitrogen and oxygen atoms in total. The van der Waals surface area contributed by atoms with Crippen LogP contribution in [0.1, 0.15) is 0 Å². The van der Waals surface area contributed by atoms with Gasteiger partial charge in [-0.3, -0.25) is 0 Å². The minimum absolute atomic E-state index is 0.0398. The van der Waals surface area contributed by atoms with Crippen LogP contribution in [0.2, 0.25) is 0 Å². The topological polar surface area (TPSA) is 37.8 Å². The summed E-state index contributed by atoms with van der Waals surface area (Å²) in [6, 6.07) is 6.00. The van der Waals surface area contributed by atoms with Gasteiger partial charge in [0.05, 0.1) is 5.69 Å². The average Bonchev–Trinajstić information content (AvgIpc) is 2.49. The first-order valence-electron chi connectivity index (χ1n) is 5.87. The summed E-state index contributed by atoms with van der Waals surface area (Å²) in [5.41, 5.74) is -0.267. The molecule has 0 bridgehead atoms. The number of para-hydroxylation sites is 1. The van der Waals surface area contributed by atoms with Crippen molar-refractivity contribution in [2.45, 2.75) is 0 Å². The molecule has 21 heavy (non-hydrogen) atoms. The number of nitrogens with one attached hydrogen (secondary N) is 1. The van der Waals surface area contributed by atoms with Gasteiger partial charge in [0.2, 0.25) is 0 Å². The van der Waals surface area contributed by atoms with Crippen LogP contribution in [0.25, 0.3) is 10.9 Å². The molecule has 3 aromatic rings. The van der Waals surface area contributed by atoms with E-state index in [1.807, 2.05) is 0 Å². The lowest BCUT2D eigenvalue weighted by Crippen LogP contribution is -2.01. The van der Waals surface area contributed by atoms with Crippen molar-refractivity contribution in [3.05, 3.63) is 59.9 Å². The predicted octanol–water partition coefficient (Wildman–Crippen LogP) is 3.93. The first-order chi connectivity index (χ1) is 10.1. The molecule has 0 spiro atoms. The Labute approximate surface area is 116 Å². The molecule has 1 N–H and O–H groups in total. The van der Waals surface area contributed by atoms with E-state index in [0.29, 0.717) is 5.39 Å². The fourth-order valence-electron chi connectivity index (χ4n) is 1.90. The van der Waals surface area contributed by atoms with Crippen molar-refractivity contribution < 1.29 is 17.6 Å². The highest BCUT2D eigenvalue weighted by molar-refractivity contribution is 5.90. The van der Waals surface area contributed by atoms with E-state index in [2.05, 4.69) is 15.3 Å². The maximum absolute atomic E-state index is 13.6. The Kier molecular flexibility index (Phi) is 3.17. The predicted molar refractivity (Wildman–Crippen MR) is 69.1 cm³/mol. The quantitative estimate of drug-likeness (QED) is 0.574. The van der Waals surface area contributed by atoms with E-state index in [0.717, 1.165) is 18.5 Å². The molecule has 0 unspecified atom stereocenters. The second-order valence-corrected chi connectivity index (χ2v) is 4.21. The molecule has 0 aliphatic carbocycles. The van der Waals surface area contributed by atoms with Crippen molar-refractivity contribution in [3.8, 4) is 0 Å². The molecule has 7 heteroatoms. The van der Waals surface area contributed by atoms with Crippen molar-refractivity contribution in [1.29, 1.82) is 0 Å². The minimum atomic E-state index is -1.59. The van der Waals surface area contributed by atoms with Crippen LogP contribution in [0, 0.1) is 23.3 Å². The van der Waals surface area contributed by atoms with Crippen molar-refractivity contribution in [1.82, 2.24) is 9.97 Å². The van der Waals surface area contributed by atoms with Gasteiger partial charge in [-0.05, 0) is 24.3 Å². The van der Waals surface area contributed by atoms with Gasteiger partial charge < -0.3 is 5.32 Å². The molecule has 0 fully saturated rings. The van der Waals surface area contributed by atoms with Gasteiger partial charge in [0.15, 0.2) is 17.5 Å². The second kappa shape index (κ2) is 5.01. The van der Waals surface area contributed by atoms with Crippen LogP contribution >= 0.6 is 0 Å². The standard InChI is InChI=1S/C14H7F4N3/c15-8-4-5-10(12(18)11(8)17)21-14-7-2-1-3-9(16)13(7)19-6-20-14/h1-6H,(H,19,20,21). The summed E-state index contributed by atoms with van der Waals surface area (Å²) in [7, 11) is 0. The molecule has 106 valence electrons. The molecule has 1 aromatic heterocycles. The first kappa shape index (κ1) is 13.3. The lowest BCUT2D eigenvalue weighted by atomic mass is 10.2. The lowest BCUT2D eigenvalue weighted by Gasteiger charge is -2.10. The summed E-state index contributed by atoms with van der Waals surface area (Å²) in [4.78, 5) is 7.65. The Hall–Kier alpha value is -2.70. The summed E-state index contributed by atoms with van der Waals surface area (Å²) >= 11 is 0. The molecule has 0 saturated heterocycles. The Morgan fingerprint density at radius 2 is 1.62 bits per heavy atom. The highest BCUT2D eigenvalue weighted by Crippen LogP contribution is 2.27. The smallest absolute Gasteiger partial charge is 0.196 e. The Bertz CT molecular complexity index is 836. The van der Waals surface area contributed by atoms with E-state index in [1.165, 1.54) is 18.2 Å². The van der Waals surface area contributed by atoms with E-state index in [4.69, 9.17) is 0 Å². The van der Waals surface area contributed by atoms with Crippen LogP contribution in [0.15, 0.2) is 36.7 Å². The third-order valence-corrected chi connectivity index (χ3v) is 2.90. The second-order valence-electron chi connectivity index (χ2n) is 4.21. The average molecular weight is 293 g/mol. The van der Waals surface area contributed by atoms with Gasteiger partial charge in [0.25, 0.3) is 0 Å². The molecular weight excluding hydrogens is 286 g/mol. The summed E-state index contributed by atoms with van der Waals surface area (Å²) < 4.78 is 53.3. The minimum Gasteiger partial charge on any atom is -0.337 e. The molecule has 0 atom stereocenters. The summed E-state index contributed by atoms with van der Waals surface area (Å²) in [5, 5.41) is 2.80. The van der Waals surface area contributed by atoms with E-state index < -0.39 is 23.3 Å². The highest BCUT2D eigenvalue weighted by Gasteiger charge is 2.15. The summed E-state index contributed by atoms with van der Waals surface area (Å²) in [5.74, 6) is -4.74. The summed E-state index contributed by atoms with van der Waals surface area (Å²) in [6.45, 7) is 0. The maximum Gasteiger partial charge on any atom is 0.196 e. The molecule has 1 heterocycles. The first-order valence-corrected chi connectivity index (χ1v) is 5.87. The Balaban J connectivity index is 2.11. The fraction of sp³-hybridized carbons (Fsp3) is 0. The van der Waals surface area contributed by atoms with Gasteiger partial charge in [-0.1, -0.05) is 6.07 Å². The fourth-order valence-corrected chi connectivity index (χ4v) is 1.90. The van der Waals surface area contributed by atoms with Crippen molar-refractivity contribution in [3.63, 3.8) is 0 Å². The number of anilines is 2. The maximum atomic E-state index is 13.6. The lowest BCUT2D eigenvalue weighted by molar-refractivity contribution is 0.449. The Morgan fingerprint density at radius 3 is 2.43 bits per heavy atom. The van der Waals surface area contributed by atoms with Crippen LogP contribution in [0.4, 0.5) is 29.1 Å². The highest BCUT2D eigenvalue weighted by atomic mass is 19.2. The third kappa shape index (κ3) is 2.26. The van der Waals surface area contributed by atoms with Gasteiger partial charge in [0.1, 0.15) is 23.5 Å². The van der Waals surface area contributed by atoms with Crippen LogP contribution < -0.4 is 5.32 Å². The molecule has 3 rings (SSSR count). The summed E-state index contributed by atoms with van der Waals surface area (Å²) in [6.07, 6.45) is 1.09. The number of aromatic nitrogens is 2. The molecule has 0 amide bonds. The van der Waals surface area contributed by atoms with Gasteiger partial charge in [-0.2, -0.15) is 0 Å². The van der Waals surface area contributed by atoms with Crippen LogP contribution in [0.3, 0.4) is 0 Å². The SMILES string of the molecule is Fc1ccc(Nc2ncnc3c(F)cccc23)c(F)c1F. The van der Waals surface area contributed by atoms with Crippen molar-refractivity contribution >= 4 is 22.4 Å². The molecule has 0 radical (unpaired) electrons. The van der Waals surface area contributed by atoms with E-state index in [9.17, 15) is 17.6 Å². The number of rotatable bonds is 2. The molecule has 0 aliphatic heterocycles. The zero-order chi connectivity index (χ0) is 15.0. The van der Waals surface area contributed by atoms with Crippen molar-refractivity contribution in [2.75, 3.05) is 5.32 Å². The Morgan fingerprint density at radius 1 is 0.810 bits per heavy atom. The van der Waals surface area contributed by atoms with Gasteiger partial charge >= 0.3 is 0 Å².